The highest BCUT2D eigenvalue weighted by atomic mass is 16.5. The zero-order valence-corrected chi connectivity index (χ0v) is 10.7. The Morgan fingerprint density at radius 3 is 2.74 bits per heavy atom. The lowest BCUT2D eigenvalue weighted by atomic mass is 10.00. The summed E-state index contributed by atoms with van der Waals surface area (Å²) in [7, 11) is 0. The summed E-state index contributed by atoms with van der Waals surface area (Å²) in [5.74, 6) is 1.66. The van der Waals surface area contributed by atoms with E-state index in [9.17, 15) is 0 Å². The molecule has 3 rings (SSSR count). The van der Waals surface area contributed by atoms with Crippen molar-refractivity contribution in [1.29, 1.82) is 0 Å². The van der Waals surface area contributed by atoms with Crippen LogP contribution in [0.4, 0.5) is 0 Å². The number of fused-ring (bicyclic) bond motifs is 1. The standard InChI is InChI=1S/C16H17NO2/c17-16-11-18-9-8-12-6-7-14(10-15(12)16)19-13-4-2-1-3-5-13/h1-7,10,16H,8-9,11,17H2. The summed E-state index contributed by atoms with van der Waals surface area (Å²) in [6.07, 6.45) is 0.911. The second-order valence-electron chi connectivity index (χ2n) is 4.71. The van der Waals surface area contributed by atoms with Gasteiger partial charge in [-0.3, -0.25) is 0 Å². The Bertz CT molecular complexity index is 554. The first-order chi connectivity index (χ1) is 9.33. The van der Waals surface area contributed by atoms with Crippen molar-refractivity contribution in [2.75, 3.05) is 13.2 Å². The first kappa shape index (κ1) is 12.2. The molecular formula is C16H17NO2. The third kappa shape index (κ3) is 2.78. The van der Waals surface area contributed by atoms with Crippen LogP contribution in [0, 0.1) is 0 Å². The normalized spacial score (nSPS) is 18.5. The Balaban J connectivity index is 1.88. The maximum atomic E-state index is 6.13. The molecule has 0 bridgehead atoms. The molecule has 1 unspecified atom stereocenters. The van der Waals surface area contributed by atoms with Crippen LogP contribution >= 0.6 is 0 Å². The van der Waals surface area contributed by atoms with Crippen LogP contribution < -0.4 is 10.5 Å². The lowest BCUT2D eigenvalue weighted by molar-refractivity contribution is 0.131. The van der Waals surface area contributed by atoms with Crippen molar-refractivity contribution in [1.82, 2.24) is 0 Å². The Morgan fingerprint density at radius 2 is 1.89 bits per heavy atom. The second-order valence-corrected chi connectivity index (χ2v) is 4.71. The van der Waals surface area contributed by atoms with Crippen LogP contribution in [0.25, 0.3) is 0 Å². The van der Waals surface area contributed by atoms with Gasteiger partial charge in [-0.1, -0.05) is 24.3 Å². The molecule has 3 heteroatoms. The molecule has 0 fully saturated rings. The number of nitrogens with two attached hydrogens (primary N) is 1. The summed E-state index contributed by atoms with van der Waals surface area (Å²) in [4.78, 5) is 0. The summed E-state index contributed by atoms with van der Waals surface area (Å²) in [5, 5.41) is 0. The van der Waals surface area contributed by atoms with E-state index in [-0.39, 0.29) is 6.04 Å². The molecule has 0 saturated carbocycles. The van der Waals surface area contributed by atoms with E-state index in [1.807, 2.05) is 42.5 Å². The second kappa shape index (κ2) is 5.43. The molecule has 0 aromatic heterocycles. The molecule has 0 radical (unpaired) electrons. The van der Waals surface area contributed by atoms with E-state index >= 15 is 0 Å². The predicted octanol–water partition coefficient (Wildman–Crippen LogP) is 3.05. The van der Waals surface area contributed by atoms with Crippen molar-refractivity contribution < 1.29 is 9.47 Å². The summed E-state index contributed by atoms with van der Waals surface area (Å²) < 4.78 is 11.3. The Kier molecular flexibility index (Phi) is 3.49. The van der Waals surface area contributed by atoms with E-state index in [1.54, 1.807) is 0 Å². The van der Waals surface area contributed by atoms with Crippen LogP contribution in [0.2, 0.25) is 0 Å². The van der Waals surface area contributed by atoms with Gasteiger partial charge >= 0.3 is 0 Å². The van der Waals surface area contributed by atoms with Crippen molar-refractivity contribution >= 4 is 0 Å². The van der Waals surface area contributed by atoms with E-state index in [0.717, 1.165) is 30.1 Å². The highest BCUT2D eigenvalue weighted by Crippen LogP contribution is 2.28. The smallest absolute Gasteiger partial charge is 0.127 e. The molecule has 3 nitrogen and oxygen atoms in total. The summed E-state index contributed by atoms with van der Waals surface area (Å²) in [6.45, 7) is 1.31. The maximum Gasteiger partial charge on any atom is 0.127 e. The van der Waals surface area contributed by atoms with Crippen molar-refractivity contribution in [2.24, 2.45) is 5.73 Å². The molecule has 1 aliphatic heterocycles. The van der Waals surface area contributed by atoms with Gasteiger partial charge in [0.1, 0.15) is 11.5 Å². The number of ether oxygens (including phenoxy) is 2. The highest BCUT2D eigenvalue weighted by Gasteiger charge is 2.16. The van der Waals surface area contributed by atoms with Crippen LogP contribution in [0.15, 0.2) is 48.5 Å². The molecule has 98 valence electrons. The van der Waals surface area contributed by atoms with Gasteiger partial charge in [-0.15, -0.1) is 0 Å². The Morgan fingerprint density at radius 1 is 1.05 bits per heavy atom. The summed E-state index contributed by atoms with van der Waals surface area (Å²) in [6, 6.07) is 15.8. The number of rotatable bonds is 2. The third-order valence-electron chi connectivity index (χ3n) is 3.31. The van der Waals surface area contributed by atoms with Gasteiger partial charge in [0.05, 0.1) is 19.3 Å². The maximum absolute atomic E-state index is 6.13. The van der Waals surface area contributed by atoms with Crippen molar-refractivity contribution in [3.8, 4) is 11.5 Å². The first-order valence-electron chi connectivity index (χ1n) is 6.52. The zero-order valence-electron chi connectivity index (χ0n) is 10.7. The zero-order chi connectivity index (χ0) is 13.1. The monoisotopic (exact) mass is 255 g/mol. The molecular weight excluding hydrogens is 238 g/mol. The van der Waals surface area contributed by atoms with Gasteiger partial charge in [-0.05, 0) is 41.8 Å². The molecule has 1 atom stereocenters. The van der Waals surface area contributed by atoms with Crippen LogP contribution in [0.1, 0.15) is 17.2 Å². The molecule has 2 aromatic rings. The minimum absolute atomic E-state index is 0.0724. The van der Waals surface area contributed by atoms with Crippen molar-refractivity contribution in [3.63, 3.8) is 0 Å². The molecule has 0 saturated heterocycles. The highest BCUT2D eigenvalue weighted by molar-refractivity contribution is 5.40. The van der Waals surface area contributed by atoms with Gasteiger partial charge in [-0.25, -0.2) is 0 Å². The first-order valence-corrected chi connectivity index (χ1v) is 6.52. The molecule has 2 N–H and O–H groups in total. The fourth-order valence-corrected chi connectivity index (χ4v) is 2.32. The van der Waals surface area contributed by atoms with E-state index in [1.165, 1.54) is 5.56 Å². The van der Waals surface area contributed by atoms with E-state index < -0.39 is 0 Å². The average Bonchev–Trinajstić information content (AvgIpc) is 2.62. The van der Waals surface area contributed by atoms with E-state index in [2.05, 4.69) is 6.07 Å². The van der Waals surface area contributed by atoms with Gasteiger partial charge in [0.2, 0.25) is 0 Å². The fourth-order valence-electron chi connectivity index (χ4n) is 2.32. The molecule has 2 aromatic carbocycles. The van der Waals surface area contributed by atoms with Gasteiger partial charge in [0, 0.05) is 0 Å². The van der Waals surface area contributed by atoms with E-state index in [0.29, 0.717) is 6.61 Å². The van der Waals surface area contributed by atoms with Crippen LogP contribution in [-0.4, -0.2) is 13.2 Å². The number of hydrogen-bond acceptors (Lipinski definition) is 3. The minimum Gasteiger partial charge on any atom is -0.457 e. The molecule has 0 spiro atoms. The fraction of sp³-hybridized carbons (Fsp3) is 0.250. The minimum atomic E-state index is -0.0724. The Hall–Kier alpha value is -1.84. The quantitative estimate of drug-likeness (QED) is 0.897. The summed E-state index contributed by atoms with van der Waals surface area (Å²) in [5.41, 5.74) is 8.51. The SMILES string of the molecule is NC1COCCc2ccc(Oc3ccccc3)cc21. The van der Waals surface area contributed by atoms with Crippen LogP contribution in [0.3, 0.4) is 0 Å². The third-order valence-corrected chi connectivity index (χ3v) is 3.31. The number of benzene rings is 2. The topological polar surface area (TPSA) is 44.5 Å². The van der Waals surface area contributed by atoms with Gasteiger partial charge in [-0.2, -0.15) is 0 Å². The van der Waals surface area contributed by atoms with Crippen LogP contribution in [-0.2, 0) is 11.2 Å². The van der Waals surface area contributed by atoms with Gasteiger partial charge in [0.25, 0.3) is 0 Å². The van der Waals surface area contributed by atoms with Crippen LogP contribution in [0.5, 0.6) is 11.5 Å². The molecule has 19 heavy (non-hydrogen) atoms. The largest absolute Gasteiger partial charge is 0.457 e. The predicted molar refractivity (Wildman–Crippen MR) is 74.4 cm³/mol. The summed E-state index contributed by atoms with van der Waals surface area (Å²) >= 11 is 0. The van der Waals surface area contributed by atoms with Gasteiger partial charge in [0.15, 0.2) is 0 Å². The van der Waals surface area contributed by atoms with Crippen molar-refractivity contribution in [2.45, 2.75) is 12.5 Å². The number of para-hydroxylation sites is 1. The lowest BCUT2D eigenvalue weighted by Gasteiger charge is -2.14. The average molecular weight is 255 g/mol. The lowest BCUT2D eigenvalue weighted by Crippen LogP contribution is -2.15. The molecule has 0 amide bonds. The van der Waals surface area contributed by atoms with E-state index in [4.69, 9.17) is 15.2 Å². The molecule has 1 heterocycles. The van der Waals surface area contributed by atoms with Crippen molar-refractivity contribution in [3.05, 3.63) is 59.7 Å². The number of hydrogen-bond donors (Lipinski definition) is 1. The molecule has 0 aliphatic carbocycles. The molecule has 1 aliphatic rings. The van der Waals surface area contributed by atoms with Gasteiger partial charge < -0.3 is 15.2 Å². The Labute approximate surface area is 113 Å².